The first-order valence-electron chi connectivity index (χ1n) is 9.85. The van der Waals surface area contributed by atoms with E-state index < -0.39 is 0 Å². The van der Waals surface area contributed by atoms with Crippen molar-refractivity contribution in [3.05, 3.63) is 28.5 Å². The summed E-state index contributed by atoms with van der Waals surface area (Å²) in [4.78, 5) is 2.21. The summed E-state index contributed by atoms with van der Waals surface area (Å²) in [5.74, 6) is 3.16. The van der Waals surface area contributed by atoms with Crippen molar-refractivity contribution in [1.82, 2.24) is 19.7 Å². The van der Waals surface area contributed by atoms with Crippen molar-refractivity contribution in [1.29, 1.82) is 0 Å². The molecule has 0 spiro atoms. The fourth-order valence-electron chi connectivity index (χ4n) is 3.35. The molecule has 2 aromatic rings. The molecule has 0 bridgehead atoms. The lowest BCUT2D eigenvalue weighted by molar-refractivity contribution is 0.171. The number of aromatic nitrogens is 3. The first-order valence-corrected chi connectivity index (χ1v) is 11.2. The minimum Gasteiger partial charge on any atom is -0.486 e. The topological polar surface area (TPSA) is 52.4 Å². The fraction of sp³-hybridized carbons (Fsp3) is 0.600. The van der Waals surface area contributed by atoms with Gasteiger partial charge in [0.2, 0.25) is 0 Å². The van der Waals surface area contributed by atoms with Crippen molar-refractivity contribution in [2.24, 2.45) is 0 Å². The maximum Gasteiger partial charge on any atom is 0.191 e. The van der Waals surface area contributed by atoms with Crippen LogP contribution in [0.2, 0.25) is 5.02 Å². The van der Waals surface area contributed by atoms with E-state index in [1.807, 2.05) is 12.1 Å². The third-order valence-electron chi connectivity index (χ3n) is 4.81. The van der Waals surface area contributed by atoms with Gasteiger partial charge in [0.25, 0.3) is 0 Å². The Morgan fingerprint density at radius 2 is 2.00 bits per heavy atom. The number of halogens is 1. The van der Waals surface area contributed by atoms with Crippen LogP contribution >= 0.6 is 23.4 Å². The molecular weight excluding hydrogens is 396 g/mol. The number of hydrogen-bond donors (Lipinski definition) is 0. The molecule has 0 saturated carbocycles. The highest BCUT2D eigenvalue weighted by Crippen LogP contribution is 2.39. The summed E-state index contributed by atoms with van der Waals surface area (Å²) in [6.07, 6.45) is 3.25. The number of benzene rings is 1. The van der Waals surface area contributed by atoms with Gasteiger partial charge in [-0.15, -0.1) is 10.2 Å². The second-order valence-corrected chi connectivity index (χ2v) is 8.47. The molecule has 1 atom stereocenters. The van der Waals surface area contributed by atoms with Gasteiger partial charge >= 0.3 is 0 Å². The Hall–Kier alpha value is -1.44. The first kappa shape index (κ1) is 21.3. The molecule has 1 aliphatic rings. The van der Waals surface area contributed by atoms with Crippen LogP contribution in [-0.4, -0.2) is 47.0 Å². The molecule has 0 N–H and O–H groups in total. The summed E-state index contributed by atoms with van der Waals surface area (Å²) in [5, 5.41) is 10.6. The number of rotatable bonds is 9. The van der Waals surface area contributed by atoms with E-state index in [-0.39, 0.29) is 6.04 Å². The van der Waals surface area contributed by atoms with E-state index in [0.717, 1.165) is 53.9 Å². The predicted octanol–water partition coefficient (Wildman–Crippen LogP) is 4.81. The highest BCUT2D eigenvalue weighted by molar-refractivity contribution is 7.98. The van der Waals surface area contributed by atoms with Gasteiger partial charge in [0.15, 0.2) is 22.5 Å². The maximum absolute atomic E-state index is 6.38. The zero-order chi connectivity index (χ0) is 20.1. The van der Waals surface area contributed by atoms with Crippen LogP contribution in [0.25, 0.3) is 0 Å². The van der Waals surface area contributed by atoms with Crippen molar-refractivity contribution in [2.75, 3.05) is 27.3 Å². The average molecular weight is 425 g/mol. The molecule has 6 nitrogen and oxygen atoms in total. The Bertz CT molecular complexity index is 797. The van der Waals surface area contributed by atoms with Crippen LogP contribution < -0.4 is 9.47 Å². The van der Waals surface area contributed by atoms with Gasteiger partial charge in [-0.05, 0) is 44.6 Å². The second kappa shape index (κ2) is 9.85. The Morgan fingerprint density at radius 3 is 2.71 bits per heavy atom. The largest absolute Gasteiger partial charge is 0.486 e. The summed E-state index contributed by atoms with van der Waals surface area (Å²) < 4.78 is 13.6. The SMILES string of the molecule is CCCCn1c(SCc2cc(Cl)c3c(c2)OCCO3)nnc1C(CC)N(C)C. The predicted molar refractivity (Wildman–Crippen MR) is 114 cm³/mol. The molecule has 3 rings (SSSR count). The standard InChI is InChI=1S/C20H29ClN4O2S/c1-5-7-8-25-19(16(6-2)24(3)4)22-23-20(25)28-13-14-11-15(21)18-17(12-14)26-9-10-27-18/h11-12,16H,5-10,13H2,1-4H3. The van der Waals surface area contributed by atoms with Crippen molar-refractivity contribution in [2.45, 2.75) is 56.6 Å². The van der Waals surface area contributed by atoms with Crippen LogP contribution in [-0.2, 0) is 12.3 Å². The van der Waals surface area contributed by atoms with Crippen molar-refractivity contribution >= 4 is 23.4 Å². The van der Waals surface area contributed by atoms with Gasteiger partial charge in [-0.25, -0.2) is 0 Å². The van der Waals surface area contributed by atoms with Crippen molar-refractivity contribution < 1.29 is 9.47 Å². The van der Waals surface area contributed by atoms with Crippen LogP contribution in [0.4, 0.5) is 0 Å². The minimum atomic E-state index is 0.266. The third-order valence-corrected chi connectivity index (χ3v) is 6.13. The molecular formula is C20H29ClN4O2S. The van der Waals surface area contributed by atoms with E-state index in [9.17, 15) is 0 Å². The van der Waals surface area contributed by atoms with Crippen molar-refractivity contribution in [3.63, 3.8) is 0 Å². The van der Waals surface area contributed by atoms with E-state index in [1.54, 1.807) is 11.8 Å². The van der Waals surface area contributed by atoms with Crippen LogP contribution in [0.5, 0.6) is 11.5 Å². The second-order valence-electron chi connectivity index (χ2n) is 7.12. The quantitative estimate of drug-likeness (QED) is 0.538. The summed E-state index contributed by atoms with van der Waals surface area (Å²) in [5.41, 5.74) is 1.09. The molecule has 0 aliphatic carbocycles. The molecule has 0 saturated heterocycles. The molecule has 0 fully saturated rings. The van der Waals surface area contributed by atoms with E-state index in [1.165, 1.54) is 0 Å². The molecule has 2 heterocycles. The maximum atomic E-state index is 6.38. The van der Waals surface area contributed by atoms with Gasteiger partial charge in [0.05, 0.1) is 11.1 Å². The minimum absolute atomic E-state index is 0.266. The number of thioether (sulfide) groups is 1. The zero-order valence-electron chi connectivity index (χ0n) is 17.1. The molecule has 1 aromatic heterocycles. The zero-order valence-corrected chi connectivity index (χ0v) is 18.6. The summed E-state index contributed by atoms with van der Waals surface area (Å²) >= 11 is 8.06. The van der Waals surface area contributed by atoms with Crippen LogP contribution in [0.3, 0.4) is 0 Å². The molecule has 1 aromatic carbocycles. The summed E-state index contributed by atoms with van der Waals surface area (Å²) in [6, 6.07) is 4.22. The molecule has 1 unspecified atom stereocenters. The lowest BCUT2D eigenvalue weighted by atomic mass is 10.2. The Balaban J connectivity index is 1.80. The Morgan fingerprint density at radius 1 is 1.21 bits per heavy atom. The van der Waals surface area contributed by atoms with E-state index >= 15 is 0 Å². The Labute approximate surface area is 176 Å². The van der Waals surface area contributed by atoms with Crippen molar-refractivity contribution in [3.8, 4) is 11.5 Å². The van der Waals surface area contributed by atoms with Crippen LogP contribution in [0.15, 0.2) is 17.3 Å². The van der Waals surface area contributed by atoms with Gasteiger partial charge in [0, 0.05) is 12.3 Å². The first-order chi connectivity index (χ1) is 13.5. The third kappa shape index (κ3) is 4.75. The number of fused-ring (bicyclic) bond motifs is 1. The molecule has 154 valence electrons. The smallest absolute Gasteiger partial charge is 0.191 e. The molecule has 1 aliphatic heterocycles. The monoisotopic (exact) mass is 424 g/mol. The van der Waals surface area contributed by atoms with E-state index in [2.05, 4.69) is 47.6 Å². The molecule has 8 heteroatoms. The number of ether oxygens (including phenoxy) is 2. The molecule has 0 radical (unpaired) electrons. The molecule has 28 heavy (non-hydrogen) atoms. The van der Waals surface area contributed by atoms with Gasteiger partial charge < -0.3 is 14.0 Å². The fourth-order valence-corrected chi connectivity index (χ4v) is 4.54. The Kier molecular flexibility index (Phi) is 7.48. The van der Waals surface area contributed by atoms with E-state index in [4.69, 9.17) is 21.1 Å². The lowest BCUT2D eigenvalue weighted by Crippen LogP contribution is -2.23. The van der Waals surface area contributed by atoms with Gasteiger partial charge in [-0.1, -0.05) is 43.6 Å². The van der Waals surface area contributed by atoms with Crippen LogP contribution in [0.1, 0.15) is 50.5 Å². The lowest BCUT2D eigenvalue weighted by Gasteiger charge is -2.23. The number of unbranched alkanes of at least 4 members (excludes halogenated alkanes) is 1. The highest BCUT2D eigenvalue weighted by Gasteiger charge is 2.22. The van der Waals surface area contributed by atoms with Crippen LogP contribution in [0, 0.1) is 0 Å². The number of hydrogen-bond acceptors (Lipinski definition) is 6. The number of nitrogens with zero attached hydrogens (tertiary/aromatic N) is 4. The molecule has 0 amide bonds. The van der Waals surface area contributed by atoms with Gasteiger partial charge in [-0.3, -0.25) is 4.90 Å². The summed E-state index contributed by atoms with van der Waals surface area (Å²) in [7, 11) is 4.19. The normalized spacial score (nSPS) is 14.5. The average Bonchev–Trinajstić information content (AvgIpc) is 3.07. The highest BCUT2D eigenvalue weighted by atomic mass is 35.5. The van der Waals surface area contributed by atoms with E-state index in [0.29, 0.717) is 24.0 Å². The van der Waals surface area contributed by atoms with Gasteiger partial charge in [-0.2, -0.15) is 0 Å². The summed E-state index contributed by atoms with van der Waals surface area (Å²) in [6.45, 7) is 6.42. The van der Waals surface area contributed by atoms with Gasteiger partial charge in [0.1, 0.15) is 13.2 Å².